The second kappa shape index (κ2) is 8.33. The average molecular weight is 420 g/mol. The van der Waals surface area contributed by atoms with Crippen LogP contribution in [0, 0.1) is 5.92 Å². The van der Waals surface area contributed by atoms with Crippen molar-refractivity contribution in [1.29, 1.82) is 0 Å². The Kier molecular flexibility index (Phi) is 5.83. The van der Waals surface area contributed by atoms with Gasteiger partial charge in [0.2, 0.25) is 11.1 Å². The molecule has 1 aromatic carbocycles. The van der Waals surface area contributed by atoms with Gasteiger partial charge in [-0.2, -0.15) is 0 Å². The van der Waals surface area contributed by atoms with Crippen LogP contribution >= 0.6 is 23.4 Å². The largest absolute Gasteiger partial charge is 0.336 e. The van der Waals surface area contributed by atoms with Crippen molar-refractivity contribution in [3.05, 3.63) is 29.3 Å². The highest BCUT2D eigenvalue weighted by Crippen LogP contribution is 2.36. The maximum Gasteiger partial charge on any atom is 0.233 e. The van der Waals surface area contributed by atoms with Crippen molar-refractivity contribution in [2.45, 2.75) is 62.7 Å². The van der Waals surface area contributed by atoms with Gasteiger partial charge < -0.3 is 10.7 Å². The molecular weight excluding hydrogens is 394 g/mol. The third-order valence-corrected chi connectivity index (χ3v) is 6.88. The second-order valence-electron chi connectivity index (χ2n) is 7.92. The van der Waals surface area contributed by atoms with Gasteiger partial charge >= 0.3 is 0 Å². The Hall–Kier alpha value is -1.73. The molecule has 4 rings (SSSR count). The zero-order valence-corrected chi connectivity index (χ0v) is 17.6. The molecule has 28 heavy (non-hydrogen) atoms. The molecular formula is C20H26ClN5OS. The van der Waals surface area contributed by atoms with Crippen molar-refractivity contribution in [3.8, 4) is 11.4 Å². The van der Waals surface area contributed by atoms with E-state index < -0.39 is 0 Å². The van der Waals surface area contributed by atoms with Crippen LogP contribution in [0.25, 0.3) is 11.4 Å². The average Bonchev–Trinajstić information content (AvgIpc) is 3.45. The van der Waals surface area contributed by atoms with Crippen molar-refractivity contribution in [2.24, 2.45) is 5.92 Å². The number of hydrogen-bond donors (Lipinski definition) is 1. The number of benzene rings is 1. The van der Waals surface area contributed by atoms with Gasteiger partial charge in [0.15, 0.2) is 5.82 Å². The van der Waals surface area contributed by atoms with E-state index in [1.54, 1.807) is 12.1 Å². The fraction of sp³-hybridized carbons (Fsp3) is 0.550. The summed E-state index contributed by atoms with van der Waals surface area (Å²) in [5.41, 5.74) is 0.841. The van der Waals surface area contributed by atoms with E-state index in [0.29, 0.717) is 33.8 Å². The molecule has 6 nitrogen and oxygen atoms in total. The molecule has 0 spiro atoms. The molecule has 0 atom stereocenters. The molecule has 0 aliphatic heterocycles. The molecule has 1 amide bonds. The van der Waals surface area contributed by atoms with Gasteiger partial charge in [0, 0.05) is 22.7 Å². The first-order valence-corrected chi connectivity index (χ1v) is 11.3. The van der Waals surface area contributed by atoms with Crippen molar-refractivity contribution in [1.82, 2.24) is 19.8 Å². The summed E-state index contributed by atoms with van der Waals surface area (Å²) < 4.78 is 1.45. The third kappa shape index (κ3) is 4.30. The van der Waals surface area contributed by atoms with E-state index >= 15 is 0 Å². The molecule has 2 aliphatic carbocycles. The monoisotopic (exact) mass is 419 g/mol. The van der Waals surface area contributed by atoms with Crippen molar-refractivity contribution in [3.63, 3.8) is 0 Å². The minimum Gasteiger partial charge on any atom is -0.336 e. The Balaban J connectivity index is 1.41. The lowest BCUT2D eigenvalue weighted by Crippen LogP contribution is -2.44. The molecule has 1 heterocycles. The normalized spacial score (nSPS) is 22.2. The fourth-order valence-electron chi connectivity index (χ4n) is 3.95. The van der Waals surface area contributed by atoms with Crippen molar-refractivity contribution < 1.29 is 4.79 Å². The van der Waals surface area contributed by atoms with Gasteiger partial charge in [-0.05, 0) is 68.7 Å². The number of carbonyl (C=O) groups excluding carboxylic acids is 1. The minimum atomic E-state index is 0.197. The SMILES string of the molecule is CC1CCC(N(C(=O)CSc2nnc(-c3ccc(Cl)cc3)n2N)C2CC2)CC1. The Bertz CT molecular complexity index is 828. The first-order valence-electron chi connectivity index (χ1n) is 9.93. The van der Waals surface area contributed by atoms with Gasteiger partial charge in [-0.3, -0.25) is 4.79 Å². The smallest absolute Gasteiger partial charge is 0.233 e. The first kappa shape index (κ1) is 19.6. The van der Waals surface area contributed by atoms with Crippen LogP contribution in [0.4, 0.5) is 0 Å². The van der Waals surface area contributed by atoms with Gasteiger partial charge in [-0.25, -0.2) is 4.68 Å². The summed E-state index contributed by atoms with van der Waals surface area (Å²) in [5, 5.41) is 9.56. The van der Waals surface area contributed by atoms with Crippen molar-refractivity contribution >= 4 is 29.3 Å². The van der Waals surface area contributed by atoms with E-state index in [0.717, 1.165) is 37.2 Å². The Morgan fingerprint density at radius 1 is 1.14 bits per heavy atom. The summed E-state index contributed by atoms with van der Waals surface area (Å²) in [4.78, 5) is 15.2. The van der Waals surface area contributed by atoms with Gasteiger partial charge in [0.1, 0.15) is 0 Å². The summed E-state index contributed by atoms with van der Waals surface area (Å²) in [6, 6.07) is 8.13. The maximum atomic E-state index is 13.0. The summed E-state index contributed by atoms with van der Waals surface area (Å²) in [6.07, 6.45) is 6.96. The predicted molar refractivity (Wildman–Crippen MR) is 113 cm³/mol. The van der Waals surface area contributed by atoms with Crippen LogP contribution in [0.2, 0.25) is 5.02 Å². The zero-order chi connectivity index (χ0) is 19.7. The predicted octanol–water partition coefficient (Wildman–Crippen LogP) is 3.97. The number of aromatic nitrogens is 3. The van der Waals surface area contributed by atoms with E-state index in [9.17, 15) is 4.79 Å². The molecule has 1 aromatic heterocycles. The maximum absolute atomic E-state index is 13.0. The topological polar surface area (TPSA) is 77.0 Å². The number of thioether (sulfide) groups is 1. The molecule has 150 valence electrons. The molecule has 0 bridgehead atoms. The van der Waals surface area contributed by atoms with E-state index in [2.05, 4.69) is 22.0 Å². The van der Waals surface area contributed by atoms with Crippen LogP contribution in [0.1, 0.15) is 45.4 Å². The highest BCUT2D eigenvalue weighted by atomic mass is 35.5. The molecule has 2 fully saturated rings. The second-order valence-corrected chi connectivity index (χ2v) is 9.30. The molecule has 2 saturated carbocycles. The van der Waals surface area contributed by atoms with Gasteiger partial charge in [0.05, 0.1) is 5.75 Å². The highest BCUT2D eigenvalue weighted by molar-refractivity contribution is 7.99. The van der Waals surface area contributed by atoms with Crippen LogP contribution in [-0.2, 0) is 4.79 Å². The number of halogens is 1. The lowest BCUT2D eigenvalue weighted by molar-refractivity contribution is -0.132. The number of amides is 1. The molecule has 0 unspecified atom stereocenters. The number of nitrogens with two attached hydrogens (primary N) is 1. The van der Waals surface area contributed by atoms with Gasteiger partial charge in [0.25, 0.3) is 0 Å². The molecule has 0 saturated heterocycles. The Labute approximate surface area is 174 Å². The first-order chi connectivity index (χ1) is 13.5. The Morgan fingerprint density at radius 2 is 1.75 bits per heavy atom. The summed E-state index contributed by atoms with van der Waals surface area (Å²) >= 11 is 7.30. The van der Waals surface area contributed by atoms with Crippen LogP contribution in [-0.4, -0.2) is 43.5 Å². The molecule has 8 heteroatoms. The molecule has 2 aromatic rings. The lowest BCUT2D eigenvalue weighted by atomic mass is 9.86. The van der Waals surface area contributed by atoms with Crippen LogP contribution in [0.3, 0.4) is 0 Å². The lowest BCUT2D eigenvalue weighted by Gasteiger charge is -2.36. The van der Waals surface area contributed by atoms with Gasteiger partial charge in [-0.1, -0.05) is 30.3 Å². The van der Waals surface area contributed by atoms with Gasteiger partial charge in [-0.15, -0.1) is 10.2 Å². The minimum absolute atomic E-state index is 0.197. The summed E-state index contributed by atoms with van der Waals surface area (Å²) in [7, 11) is 0. The zero-order valence-electron chi connectivity index (χ0n) is 16.1. The number of nitrogens with zero attached hydrogens (tertiary/aromatic N) is 4. The quantitative estimate of drug-likeness (QED) is 0.566. The standard InChI is InChI=1S/C20H26ClN5OS/c1-13-2-8-16(9-3-13)25(17-10-11-17)18(27)12-28-20-24-23-19(26(20)22)14-4-6-15(21)7-5-14/h4-7,13,16-17H,2-3,8-12,22H2,1H3. The van der Waals surface area contributed by atoms with Crippen LogP contribution < -0.4 is 5.84 Å². The number of hydrogen-bond acceptors (Lipinski definition) is 5. The number of carbonyl (C=O) groups is 1. The van der Waals surface area contributed by atoms with E-state index in [4.69, 9.17) is 17.4 Å². The third-order valence-electron chi connectivity index (χ3n) is 5.70. The fourth-order valence-corrected chi connectivity index (χ4v) is 4.80. The number of rotatable bonds is 6. The number of nitrogen functional groups attached to an aromatic ring is 1. The highest BCUT2D eigenvalue weighted by Gasteiger charge is 2.38. The van der Waals surface area contributed by atoms with Crippen molar-refractivity contribution in [2.75, 3.05) is 11.6 Å². The molecule has 2 N–H and O–H groups in total. The van der Waals surface area contributed by atoms with E-state index in [1.165, 1.54) is 29.3 Å². The Morgan fingerprint density at radius 3 is 2.36 bits per heavy atom. The van der Waals surface area contributed by atoms with Crippen LogP contribution in [0.15, 0.2) is 29.4 Å². The van der Waals surface area contributed by atoms with Crippen LogP contribution in [0.5, 0.6) is 0 Å². The molecule has 2 aliphatic rings. The van der Waals surface area contributed by atoms with E-state index in [-0.39, 0.29) is 5.91 Å². The molecule has 0 radical (unpaired) electrons. The summed E-state index contributed by atoms with van der Waals surface area (Å²) in [6.45, 7) is 2.31. The van der Waals surface area contributed by atoms with E-state index in [1.807, 2.05) is 12.1 Å². The summed E-state index contributed by atoms with van der Waals surface area (Å²) in [5.74, 6) is 8.07.